The number of fused-ring (bicyclic) bond motifs is 1. The molecule has 4 aliphatic rings. The Balaban J connectivity index is 1.09. The summed E-state index contributed by atoms with van der Waals surface area (Å²) in [6.45, 7) is 2.38. The van der Waals surface area contributed by atoms with Crippen LogP contribution >= 0.6 is 0 Å². The molecule has 0 aliphatic heterocycles. The van der Waals surface area contributed by atoms with Crippen molar-refractivity contribution in [2.24, 2.45) is 27.7 Å². The molecule has 4 aliphatic carbocycles. The molecule has 4 aromatic rings. The fourth-order valence-corrected chi connectivity index (χ4v) is 7.92. The van der Waals surface area contributed by atoms with Crippen LogP contribution in [0.15, 0.2) is 71.9 Å². The number of rotatable bonds is 4. The van der Waals surface area contributed by atoms with E-state index in [9.17, 15) is 14.8 Å². The average molecular weight is 522 g/mol. The maximum absolute atomic E-state index is 13.5. The summed E-state index contributed by atoms with van der Waals surface area (Å²) in [6, 6.07) is 17.8. The van der Waals surface area contributed by atoms with E-state index in [-0.39, 0.29) is 16.8 Å². The zero-order valence-electron chi connectivity index (χ0n) is 21.9. The van der Waals surface area contributed by atoms with Gasteiger partial charge in [-0.05, 0) is 110 Å². The summed E-state index contributed by atoms with van der Waals surface area (Å²) in [5.74, 6) is 1.80. The van der Waals surface area contributed by atoms with Gasteiger partial charge in [0.05, 0.1) is 16.4 Å². The number of aromatic nitrogens is 3. The molecule has 3 unspecified atom stereocenters. The highest BCUT2D eigenvalue weighted by atomic mass is 16.5. The third kappa shape index (κ3) is 4.24. The number of amides is 2. The van der Waals surface area contributed by atoms with Crippen molar-refractivity contribution in [2.45, 2.75) is 45.4 Å². The molecule has 0 spiro atoms. The molecule has 8 rings (SSSR count). The molecule has 0 radical (unpaired) electrons. The lowest BCUT2D eigenvalue weighted by Crippen LogP contribution is -2.55. The number of carbonyl (C=O) groups excluding carboxylic acids is 2. The third-order valence-corrected chi connectivity index (χ3v) is 9.01. The number of H-pyrrole nitrogens is 1. The molecule has 4 bridgehead atoms. The lowest BCUT2D eigenvalue weighted by Gasteiger charge is -2.60. The van der Waals surface area contributed by atoms with Gasteiger partial charge in [0.1, 0.15) is 5.82 Å². The van der Waals surface area contributed by atoms with Gasteiger partial charge in [-0.15, -0.1) is 0 Å². The molecule has 198 valence electrons. The van der Waals surface area contributed by atoms with Gasteiger partial charge >= 0.3 is 0 Å². The Kier molecular flexibility index (Phi) is 5.30. The summed E-state index contributed by atoms with van der Waals surface area (Å²) in [7, 11) is 0. The highest BCUT2D eigenvalue weighted by Crippen LogP contribution is 2.65. The van der Waals surface area contributed by atoms with Crippen LogP contribution < -0.4 is 10.8 Å². The highest BCUT2D eigenvalue weighted by molar-refractivity contribution is 5.98. The summed E-state index contributed by atoms with van der Waals surface area (Å²) in [5.41, 5.74) is 3.78. The molecule has 8 heteroatoms. The number of imidazole rings is 1. The first-order valence-electron chi connectivity index (χ1n) is 13.7. The molecule has 0 saturated heterocycles. The molecule has 4 atom stereocenters. The number of hydrogen-bond donors (Lipinski definition) is 3. The van der Waals surface area contributed by atoms with Crippen molar-refractivity contribution in [3.05, 3.63) is 77.9 Å². The van der Waals surface area contributed by atoms with Crippen molar-refractivity contribution in [3.8, 4) is 11.4 Å². The van der Waals surface area contributed by atoms with Crippen LogP contribution in [0.3, 0.4) is 0 Å². The van der Waals surface area contributed by atoms with Crippen molar-refractivity contribution < 1.29 is 14.8 Å². The van der Waals surface area contributed by atoms with Crippen LogP contribution in [0.4, 0.5) is 5.69 Å². The van der Waals surface area contributed by atoms with Crippen molar-refractivity contribution in [2.75, 3.05) is 5.32 Å². The number of pyridine rings is 1. The van der Waals surface area contributed by atoms with Crippen LogP contribution in [-0.2, 0) is 4.79 Å². The van der Waals surface area contributed by atoms with Crippen molar-refractivity contribution in [1.29, 1.82) is 0 Å². The second-order valence-corrected chi connectivity index (χ2v) is 12.2. The van der Waals surface area contributed by atoms with E-state index in [2.05, 4.69) is 27.2 Å². The number of anilines is 1. The van der Waals surface area contributed by atoms with E-state index < -0.39 is 5.91 Å². The molecule has 3 N–H and O–H groups in total. The molecule has 8 nitrogen and oxygen atoms in total. The second kappa shape index (κ2) is 8.66. The van der Waals surface area contributed by atoms with Crippen LogP contribution in [0.1, 0.15) is 55.8 Å². The van der Waals surface area contributed by atoms with Crippen LogP contribution in [0.25, 0.3) is 22.4 Å². The Morgan fingerprint density at radius 2 is 1.82 bits per heavy atom. The molecule has 2 aromatic heterocycles. The lowest BCUT2D eigenvalue weighted by atomic mass is 9.44. The van der Waals surface area contributed by atoms with Gasteiger partial charge in [-0.3, -0.25) is 9.59 Å². The molecule has 39 heavy (non-hydrogen) atoms. The Hall–Kier alpha value is -4.20. The molecule has 2 aromatic carbocycles. The van der Waals surface area contributed by atoms with Gasteiger partial charge in [0, 0.05) is 23.0 Å². The van der Waals surface area contributed by atoms with E-state index in [4.69, 9.17) is 0 Å². The molecule has 2 amide bonds. The SMILES string of the molecule is CC12CC3C[C@H](C1)CC(C(=O)Nc1ccc(-c4nc5ccc(C(=O)N=c6ccccn6O)cc5[nH]4)cc1)(C3)C2. The topological polar surface area (TPSA) is 112 Å². The Morgan fingerprint density at radius 1 is 1.05 bits per heavy atom. The summed E-state index contributed by atoms with van der Waals surface area (Å²) < 4.78 is 0.806. The Morgan fingerprint density at radius 3 is 2.54 bits per heavy atom. The van der Waals surface area contributed by atoms with E-state index >= 15 is 0 Å². The van der Waals surface area contributed by atoms with Gasteiger partial charge in [-0.2, -0.15) is 9.72 Å². The van der Waals surface area contributed by atoms with Gasteiger partial charge in [0.25, 0.3) is 5.91 Å². The summed E-state index contributed by atoms with van der Waals surface area (Å²) in [4.78, 5) is 38.2. The second-order valence-electron chi connectivity index (χ2n) is 12.2. The summed E-state index contributed by atoms with van der Waals surface area (Å²) in [6.07, 6.45) is 8.36. The van der Waals surface area contributed by atoms with Crippen molar-refractivity contribution in [3.63, 3.8) is 0 Å². The largest absolute Gasteiger partial charge is 0.427 e. The van der Waals surface area contributed by atoms with E-state index in [1.165, 1.54) is 25.5 Å². The summed E-state index contributed by atoms with van der Waals surface area (Å²) >= 11 is 0. The fraction of sp³-hybridized carbons (Fsp3) is 0.355. The van der Waals surface area contributed by atoms with Crippen LogP contribution in [-0.4, -0.2) is 31.7 Å². The highest BCUT2D eigenvalue weighted by Gasteiger charge is 2.58. The monoisotopic (exact) mass is 521 g/mol. The molecule has 4 fully saturated rings. The van der Waals surface area contributed by atoms with Crippen LogP contribution in [0.5, 0.6) is 0 Å². The van der Waals surface area contributed by atoms with Gasteiger partial charge in [-0.25, -0.2) is 4.98 Å². The Labute approximate surface area is 225 Å². The van der Waals surface area contributed by atoms with Gasteiger partial charge < -0.3 is 15.5 Å². The predicted octanol–water partition coefficient (Wildman–Crippen LogP) is 5.55. The molecular weight excluding hydrogens is 490 g/mol. The first-order valence-corrected chi connectivity index (χ1v) is 13.7. The van der Waals surface area contributed by atoms with E-state index in [0.29, 0.717) is 34.2 Å². The lowest BCUT2D eigenvalue weighted by molar-refractivity contribution is -0.149. The third-order valence-electron chi connectivity index (χ3n) is 9.01. The van der Waals surface area contributed by atoms with Gasteiger partial charge in [-0.1, -0.05) is 13.0 Å². The molecular formula is C31H31N5O3. The smallest absolute Gasteiger partial charge is 0.279 e. The van der Waals surface area contributed by atoms with Crippen molar-refractivity contribution in [1.82, 2.24) is 14.7 Å². The Bertz CT molecular complexity index is 1670. The minimum absolute atomic E-state index is 0.150. The zero-order valence-corrected chi connectivity index (χ0v) is 21.9. The molecule has 2 heterocycles. The number of aromatic amines is 1. The van der Waals surface area contributed by atoms with E-state index in [0.717, 1.165) is 40.8 Å². The predicted molar refractivity (Wildman–Crippen MR) is 147 cm³/mol. The standard InChI is InChI=1S/C31H31N5O3/c1-30-14-19-12-20(15-30)17-31(16-19,18-30)29(38)32-23-8-5-21(6-9-23)27-33-24-10-7-22(13-25(24)34-27)28(37)35-26-4-2-3-11-36(26)39/h2-11,13,19-20,39H,12,14-18H2,1H3,(H,32,38)(H,33,34)/t19-,20?,30?,31?/m1/s1. The van der Waals surface area contributed by atoms with Crippen LogP contribution in [0.2, 0.25) is 0 Å². The molecule has 4 saturated carbocycles. The number of carbonyl (C=O) groups is 2. The average Bonchev–Trinajstić information content (AvgIpc) is 3.32. The zero-order chi connectivity index (χ0) is 26.8. The van der Waals surface area contributed by atoms with Gasteiger partial charge in [0.2, 0.25) is 5.91 Å². The first kappa shape index (κ1) is 23.9. The van der Waals surface area contributed by atoms with E-state index in [1.807, 2.05) is 24.3 Å². The quantitative estimate of drug-likeness (QED) is 0.305. The first-order chi connectivity index (χ1) is 18.8. The number of nitrogens with zero attached hydrogens (tertiary/aromatic N) is 3. The normalized spacial score (nSPS) is 27.7. The number of nitrogens with one attached hydrogen (secondary N) is 2. The number of benzene rings is 2. The number of hydrogen-bond acceptors (Lipinski definition) is 4. The van der Waals surface area contributed by atoms with Crippen LogP contribution in [0, 0.1) is 22.7 Å². The fourth-order valence-electron chi connectivity index (χ4n) is 7.92. The van der Waals surface area contributed by atoms with Gasteiger partial charge in [0.15, 0.2) is 5.49 Å². The van der Waals surface area contributed by atoms with E-state index in [1.54, 1.807) is 36.4 Å². The minimum Gasteiger partial charge on any atom is -0.427 e. The summed E-state index contributed by atoms with van der Waals surface area (Å²) in [5, 5.41) is 13.1. The minimum atomic E-state index is -0.463. The van der Waals surface area contributed by atoms with Crippen molar-refractivity contribution >= 4 is 28.5 Å². The maximum atomic E-state index is 13.5. The maximum Gasteiger partial charge on any atom is 0.279 e.